The Morgan fingerprint density at radius 1 is 0.857 bits per heavy atom. The van der Waals surface area contributed by atoms with E-state index in [1.54, 1.807) is 31.2 Å². The summed E-state index contributed by atoms with van der Waals surface area (Å²) in [5.41, 5.74) is 1.79. The van der Waals surface area contributed by atoms with Crippen LogP contribution < -0.4 is 9.05 Å². The van der Waals surface area contributed by atoms with Crippen LogP contribution in [0.2, 0.25) is 0 Å². The van der Waals surface area contributed by atoms with Crippen molar-refractivity contribution in [1.82, 2.24) is 0 Å². The highest BCUT2D eigenvalue weighted by atomic mass is 31.2. The molecule has 0 spiro atoms. The molecular formula is C22H29O5P. The first-order valence-corrected chi connectivity index (χ1v) is 11.3. The fraction of sp³-hybridized carbons (Fsp3) is 0.409. The Balaban J connectivity index is 2.42. The van der Waals surface area contributed by atoms with Gasteiger partial charge in [0.15, 0.2) is 6.16 Å². The van der Waals surface area contributed by atoms with Gasteiger partial charge in [0.05, 0.1) is 6.61 Å². The minimum Gasteiger partial charge on any atom is -0.465 e. The van der Waals surface area contributed by atoms with Gasteiger partial charge in [-0.2, -0.15) is 0 Å². The number of hydrogen-bond donors (Lipinski definition) is 0. The van der Waals surface area contributed by atoms with Crippen LogP contribution in [0.25, 0.3) is 0 Å². The smallest absolute Gasteiger partial charge is 0.441 e. The van der Waals surface area contributed by atoms with Crippen molar-refractivity contribution in [1.29, 1.82) is 0 Å². The first-order valence-electron chi connectivity index (χ1n) is 9.57. The molecule has 0 saturated carbocycles. The van der Waals surface area contributed by atoms with E-state index in [4.69, 9.17) is 13.8 Å². The second kappa shape index (κ2) is 9.79. The fourth-order valence-electron chi connectivity index (χ4n) is 2.83. The Bertz CT molecular complexity index is 787. The number of carbonyl (C=O) groups excluding carboxylic acids is 1. The third-order valence-corrected chi connectivity index (χ3v) is 5.78. The quantitative estimate of drug-likeness (QED) is 0.371. The molecule has 0 heterocycles. The molecule has 0 aromatic heterocycles. The van der Waals surface area contributed by atoms with Gasteiger partial charge < -0.3 is 13.8 Å². The summed E-state index contributed by atoms with van der Waals surface area (Å²) in [5.74, 6) is 0.611. The molecule has 0 aliphatic heterocycles. The monoisotopic (exact) mass is 404 g/mol. The minimum absolute atomic E-state index is 0.162. The topological polar surface area (TPSA) is 61.8 Å². The van der Waals surface area contributed by atoms with E-state index in [1.807, 2.05) is 52.0 Å². The van der Waals surface area contributed by atoms with Crippen molar-refractivity contribution in [2.45, 2.75) is 46.5 Å². The SMILES string of the molecule is CCOC(=O)CP(=O)(Oc1ccccc1C(C)C)Oc1ccccc1C(C)C. The van der Waals surface area contributed by atoms with Gasteiger partial charge in [-0.1, -0.05) is 64.1 Å². The second-order valence-electron chi connectivity index (χ2n) is 7.14. The normalized spacial score (nSPS) is 11.5. The largest absolute Gasteiger partial charge is 0.465 e. The standard InChI is InChI=1S/C22H29O5P/c1-6-25-22(23)15-28(24,26-20-13-9-7-11-18(20)16(2)3)27-21-14-10-8-12-19(21)17(4)5/h7-14,16-17H,6,15H2,1-5H3. The molecule has 0 bridgehead atoms. The zero-order chi connectivity index (χ0) is 20.7. The van der Waals surface area contributed by atoms with Crippen molar-refractivity contribution in [3.8, 4) is 11.5 Å². The van der Waals surface area contributed by atoms with Crippen LogP contribution in [0.15, 0.2) is 48.5 Å². The van der Waals surface area contributed by atoms with Gasteiger partial charge in [-0.3, -0.25) is 4.79 Å². The lowest BCUT2D eigenvalue weighted by Crippen LogP contribution is -2.16. The summed E-state index contributed by atoms with van der Waals surface area (Å²) in [6, 6.07) is 14.7. The van der Waals surface area contributed by atoms with Gasteiger partial charge in [-0.25, -0.2) is 4.57 Å². The van der Waals surface area contributed by atoms with E-state index in [-0.39, 0.29) is 18.4 Å². The highest BCUT2D eigenvalue weighted by Gasteiger charge is 2.34. The Hall–Kier alpha value is -2.26. The Morgan fingerprint density at radius 3 is 1.68 bits per heavy atom. The van der Waals surface area contributed by atoms with Gasteiger partial charge in [0.2, 0.25) is 0 Å². The molecule has 0 radical (unpaired) electrons. The van der Waals surface area contributed by atoms with Crippen molar-refractivity contribution >= 4 is 13.6 Å². The number of rotatable bonds is 9. The van der Waals surface area contributed by atoms with Crippen LogP contribution in [-0.4, -0.2) is 18.7 Å². The maximum Gasteiger partial charge on any atom is 0.441 e. The molecule has 0 amide bonds. The van der Waals surface area contributed by atoms with Gasteiger partial charge >= 0.3 is 13.6 Å². The van der Waals surface area contributed by atoms with Crippen LogP contribution in [0, 0.1) is 0 Å². The maximum absolute atomic E-state index is 13.6. The number of carbonyl (C=O) groups is 1. The predicted molar refractivity (Wildman–Crippen MR) is 111 cm³/mol. The van der Waals surface area contributed by atoms with Gasteiger partial charge in [-0.15, -0.1) is 0 Å². The molecule has 2 aromatic carbocycles. The van der Waals surface area contributed by atoms with Crippen molar-refractivity contribution in [2.75, 3.05) is 12.8 Å². The Kier molecular flexibility index (Phi) is 7.70. The summed E-state index contributed by atoms with van der Waals surface area (Å²) in [4.78, 5) is 12.1. The number of para-hydroxylation sites is 2. The van der Waals surface area contributed by atoms with Gasteiger partial charge in [0.25, 0.3) is 0 Å². The molecule has 0 N–H and O–H groups in total. The predicted octanol–water partition coefficient (Wildman–Crippen LogP) is 6.15. The van der Waals surface area contributed by atoms with Crippen molar-refractivity contribution in [3.63, 3.8) is 0 Å². The molecule has 0 saturated heterocycles. The van der Waals surface area contributed by atoms with Crippen LogP contribution in [0.5, 0.6) is 11.5 Å². The van der Waals surface area contributed by atoms with Crippen molar-refractivity contribution in [2.24, 2.45) is 0 Å². The van der Waals surface area contributed by atoms with Gasteiger partial charge in [-0.05, 0) is 42.0 Å². The third-order valence-electron chi connectivity index (χ3n) is 4.18. The molecular weight excluding hydrogens is 375 g/mol. The number of esters is 1. The maximum atomic E-state index is 13.6. The van der Waals surface area contributed by atoms with Crippen molar-refractivity contribution in [3.05, 3.63) is 59.7 Å². The van der Waals surface area contributed by atoms with Gasteiger partial charge in [0, 0.05) is 0 Å². The molecule has 5 nitrogen and oxygen atoms in total. The molecule has 6 heteroatoms. The zero-order valence-corrected chi connectivity index (χ0v) is 18.1. The molecule has 152 valence electrons. The number of hydrogen-bond acceptors (Lipinski definition) is 5. The molecule has 0 aliphatic carbocycles. The first kappa shape index (κ1) is 22.0. The van der Waals surface area contributed by atoms with Crippen LogP contribution >= 0.6 is 7.60 Å². The molecule has 0 unspecified atom stereocenters. The lowest BCUT2D eigenvalue weighted by molar-refractivity contribution is -0.140. The first-order chi connectivity index (χ1) is 13.3. The van der Waals surface area contributed by atoms with E-state index in [1.165, 1.54) is 0 Å². The van der Waals surface area contributed by atoms with Crippen LogP contribution in [0.1, 0.15) is 57.6 Å². The summed E-state index contributed by atoms with van der Waals surface area (Å²) in [7, 11) is -3.86. The molecule has 0 fully saturated rings. The van der Waals surface area contributed by atoms with Crippen LogP contribution in [0.4, 0.5) is 0 Å². The average molecular weight is 404 g/mol. The summed E-state index contributed by atoms with van der Waals surface area (Å²) in [6.07, 6.45) is -0.459. The van der Waals surface area contributed by atoms with Crippen molar-refractivity contribution < 1.29 is 23.1 Å². The van der Waals surface area contributed by atoms with E-state index < -0.39 is 19.7 Å². The summed E-state index contributed by atoms with van der Waals surface area (Å²) in [5, 5.41) is 0. The van der Waals surface area contributed by atoms with Gasteiger partial charge in [0.1, 0.15) is 11.5 Å². The van der Waals surface area contributed by atoms with E-state index in [0.29, 0.717) is 11.5 Å². The zero-order valence-electron chi connectivity index (χ0n) is 17.2. The Labute approximate surface area is 167 Å². The lowest BCUT2D eigenvalue weighted by Gasteiger charge is -2.23. The van der Waals surface area contributed by atoms with Crippen LogP contribution in [-0.2, 0) is 14.1 Å². The summed E-state index contributed by atoms with van der Waals surface area (Å²) >= 11 is 0. The fourth-order valence-corrected chi connectivity index (χ4v) is 4.33. The molecule has 28 heavy (non-hydrogen) atoms. The minimum atomic E-state index is -3.86. The van der Waals surface area contributed by atoms with Crippen LogP contribution in [0.3, 0.4) is 0 Å². The average Bonchev–Trinajstić information content (AvgIpc) is 2.62. The third kappa shape index (κ3) is 5.87. The summed E-state index contributed by atoms with van der Waals surface area (Å²) in [6.45, 7) is 9.98. The number of ether oxygens (including phenoxy) is 1. The number of benzene rings is 2. The van der Waals surface area contributed by atoms with E-state index in [0.717, 1.165) is 11.1 Å². The Morgan fingerprint density at radius 2 is 1.29 bits per heavy atom. The molecule has 0 aliphatic rings. The molecule has 2 aromatic rings. The lowest BCUT2D eigenvalue weighted by atomic mass is 10.0. The highest BCUT2D eigenvalue weighted by molar-refractivity contribution is 7.55. The van der Waals surface area contributed by atoms with E-state index >= 15 is 0 Å². The molecule has 2 rings (SSSR count). The molecule has 0 atom stereocenters. The highest BCUT2D eigenvalue weighted by Crippen LogP contribution is 2.51. The van der Waals surface area contributed by atoms with E-state index in [9.17, 15) is 9.36 Å². The second-order valence-corrected chi connectivity index (χ2v) is 9.04. The summed E-state index contributed by atoms with van der Waals surface area (Å²) < 4.78 is 30.4. The van der Waals surface area contributed by atoms with E-state index in [2.05, 4.69) is 0 Å².